The van der Waals surface area contributed by atoms with Gasteiger partial charge in [0, 0.05) is 56.3 Å². The summed E-state index contributed by atoms with van der Waals surface area (Å²) in [5.74, 6) is -0.426. The number of halogens is 2. The van der Waals surface area contributed by atoms with Gasteiger partial charge in [-0.2, -0.15) is 0 Å². The van der Waals surface area contributed by atoms with Crippen molar-refractivity contribution in [1.29, 1.82) is 0 Å². The first kappa shape index (κ1) is 19.1. The van der Waals surface area contributed by atoms with E-state index in [0.29, 0.717) is 10.8 Å². The van der Waals surface area contributed by atoms with Crippen molar-refractivity contribution in [2.45, 2.75) is 20.4 Å². The molecule has 26 heavy (non-hydrogen) atoms. The molecule has 1 N–H and O–H groups in total. The van der Waals surface area contributed by atoms with E-state index in [2.05, 4.69) is 45.7 Å². The molecule has 1 fully saturated rings. The van der Waals surface area contributed by atoms with Crippen LogP contribution < -0.4 is 5.32 Å². The van der Waals surface area contributed by atoms with E-state index in [4.69, 9.17) is 23.8 Å². The number of benzene rings is 1. The molecule has 1 aliphatic heterocycles. The van der Waals surface area contributed by atoms with E-state index in [9.17, 15) is 4.39 Å². The van der Waals surface area contributed by atoms with E-state index in [1.165, 1.54) is 17.5 Å². The van der Waals surface area contributed by atoms with Crippen molar-refractivity contribution < 1.29 is 4.39 Å². The number of aryl methyl sites for hydroxylation is 2. The Labute approximate surface area is 164 Å². The molecule has 0 saturated carbocycles. The largest absolute Gasteiger partial charge is 0.348 e. The van der Waals surface area contributed by atoms with Crippen LogP contribution >= 0.6 is 23.8 Å². The standard InChI is InChI=1S/C19H24ClFN4S/c1-14-3-4-15(2)25(14)12-9-23-7-10-24(11-8-23)19(26)22-16-5-6-18(21)17(20)13-16/h3-6,13H,7-12H2,1-2H3,(H,22,26). The SMILES string of the molecule is Cc1ccc(C)n1CCN1CCN(C(=S)Nc2ccc(F)c(Cl)c2)CC1. The van der Waals surface area contributed by atoms with Gasteiger partial charge < -0.3 is 14.8 Å². The van der Waals surface area contributed by atoms with E-state index in [0.717, 1.165) is 39.3 Å². The average Bonchev–Trinajstić information content (AvgIpc) is 2.95. The second-order valence-electron chi connectivity index (χ2n) is 6.66. The van der Waals surface area contributed by atoms with E-state index in [1.54, 1.807) is 12.1 Å². The van der Waals surface area contributed by atoms with Gasteiger partial charge in [-0.1, -0.05) is 11.6 Å². The lowest BCUT2D eigenvalue weighted by Crippen LogP contribution is -2.50. The van der Waals surface area contributed by atoms with Crippen LogP contribution in [0.15, 0.2) is 30.3 Å². The summed E-state index contributed by atoms with van der Waals surface area (Å²) in [7, 11) is 0. The maximum atomic E-state index is 13.2. The van der Waals surface area contributed by atoms with Crippen LogP contribution in [0.3, 0.4) is 0 Å². The first-order valence-corrected chi connectivity index (χ1v) is 9.59. The van der Waals surface area contributed by atoms with E-state index < -0.39 is 5.82 Å². The van der Waals surface area contributed by atoms with Gasteiger partial charge in [-0.25, -0.2) is 4.39 Å². The highest BCUT2D eigenvalue weighted by molar-refractivity contribution is 7.80. The highest BCUT2D eigenvalue weighted by Crippen LogP contribution is 2.20. The number of nitrogens with zero attached hydrogens (tertiary/aromatic N) is 3. The van der Waals surface area contributed by atoms with Crippen LogP contribution in [0.25, 0.3) is 0 Å². The van der Waals surface area contributed by atoms with Gasteiger partial charge in [0.25, 0.3) is 0 Å². The third kappa shape index (κ3) is 4.55. The molecule has 7 heteroatoms. The van der Waals surface area contributed by atoms with Gasteiger partial charge in [0.1, 0.15) is 5.82 Å². The Morgan fingerprint density at radius 1 is 1.08 bits per heavy atom. The summed E-state index contributed by atoms with van der Waals surface area (Å²) >= 11 is 11.3. The third-order valence-electron chi connectivity index (χ3n) is 4.89. The van der Waals surface area contributed by atoms with Crippen molar-refractivity contribution in [2.24, 2.45) is 0 Å². The van der Waals surface area contributed by atoms with Crippen LogP contribution in [0, 0.1) is 19.7 Å². The van der Waals surface area contributed by atoms with Crippen molar-refractivity contribution in [3.05, 3.63) is 52.6 Å². The fourth-order valence-corrected chi connectivity index (χ4v) is 3.73. The minimum Gasteiger partial charge on any atom is -0.348 e. The highest BCUT2D eigenvalue weighted by atomic mass is 35.5. The van der Waals surface area contributed by atoms with Crippen LogP contribution in [0.4, 0.5) is 10.1 Å². The Morgan fingerprint density at radius 2 is 1.73 bits per heavy atom. The summed E-state index contributed by atoms with van der Waals surface area (Å²) in [5.41, 5.74) is 3.33. The fourth-order valence-electron chi connectivity index (χ4n) is 3.24. The lowest BCUT2D eigenvalue weighted by Gasteiger charge is -2.36. The number of piperazine rings is 1. The minimum absolute atomic E-state index is 0.0956. The van der Waals surface area contributed by atoms with Crippen molar-refractivity contribution in [3.63, 3.8) is 0 Å². The zero-order chi connectivity index (χ0) is 18.7. The third-order valence-corrected chi connectivity index (χ3v) is 5.54. The van der Waals surface area contributed by atoms with Gasteiger partial charge >= 0.3 is 0 Å². The maximum Gasteiger partial charge on any atom is 0.173 e. The topological polar surface area (TPSA) is 23.4 Å². The Kier molecular flexibility index (Phi) is 6.16. The number of hydrogen-bond acceptors (Lipinski definition) is 2. The molecule has 1 aliphatic rings. The van der Waals surface area contributed by atoms with Crippen LogP contribution in [-0.4, -0.2) is 52.2 Å². The molecule has 1 aromatic heterocycles. The lowest BCUT2D eigenvalue weighted by atomic mass is 10.3. The Morgan fingerprint density at radius 3 is 2.35 bits per heavy atom. The van der Waals surface area contributed by atoms with Gasteiger partial charge in [0.2, 0.25) is 0 Å². The van der Waals surface area contributed by atoms with Crippen LogP contribution in [0.1, 0.15) is 11.4 Å². The normalized spacial score (nSPS) is 15.3. The number of thiocarbonyl (C=S) groups is 1. The van der Waals surface area contributed by atoms with E-state index in [1.807, 2.05) is 0 Å². The summed E-state index contributed by atoms with van der Waals surface area (Å²) in [6.45, 7) is 10.1. The monoisotopic (exact) mass is 394 g/mol. The molecule has 3 rings (SSSR count). The average molecular weight is 395 g/mol. The molecule has 0 aliphatic carbocycles. The van der Waals surface area contributed by atoms with Gasteiger partial charge in [-0.15, -0.1) is 0 Å². The fraction of sp³-hybridized carbons (Fsp3) is 0.421. The number of nitrogens with one attached hydrogen (secondary N) is 1. The van der Waals surface area contributed by atoms with E-state index >= 15 is 0 Å². The predicted molar refractivity (Wildman–Crippen MR) is 110 cm³/mol. The molecule has 2 heterocycles. The molecule has 140 valence electrons. The molecular formula is C19H24ClFN4S. The molecule has 0 radical (unpaired) electrons. The van der Waals surface area contributed by atoms with Crippen molar-refractivity contribution in [3.8, 4) is 0 Å². The van der Waals surface area contributed by atoms with Gasteiger partial charge in [-0.3, -0.25) is 4.90 Å². The first-order valence-electron chi connectivity index (χ1n) is 8.80. The van der Waals surface area contributed by atoms with Gasteiger partial charge in [-0.05, 0) is 56.4 Å². The quantitative estimate of drug-likeness (QED) is 0.794. The van der Waals surface area contributed by atoms with Crippen LogP contribution in [-0.2, 0) is 6.54 Å². The molecule has 0 atom stereocenters. The summed E-state index contributed by atoms with van der Waals surface area (Å²) in [6.07, 6.45) is 0. The molecular weight excluding hydrogens is 371 g/mol. The number of rotatable bonds is 4. The molecule has 1 aromatic carbocycles. The van der Waals surface area contributed by atoms with E-state index in [-0.39, 0.29) is 5.02 Å². The minimum atomic E-state index is -0.426. The van der Waals surface area contributed by atoms with Gasteiger partial charge in [0.05, 0.1) is 5.02 Å². The molecule has 0 spiro atoms. The molecule has 2 aromatic rings. The van der Waals surface area contributed by atoms with Crippen molar-refractivity contribution in [2.75, 3.05) is 38.0 Å². The number of aromatic nitrogens is 1. The summed E-state index contributed by atoms with van der Waals surface area (Å²) < 4.78 is 15.6. The molecule has 1 saturated heterocycles. The Bertz CT molecular complexity index is 764. The lowest BCUT2D eigenvalue weighted by molar-refractivity contribution is 0.178. The maximum absolute atomic E-state index is 13.2. The van der Waals surface area contributed by atoms with Crippen molar-refractivity contribution >= 4 is 34.6 Å². The zero-order valence-electron chi connectivity index (χ0n) is 15.1. The molecule has 0 bridgehead atoms. The second kappa shape index (κ2) is 8.37. The van der Waals surface area contributed by atoms with Crippen LogP contribution in [0.2, 0.25) is 5.02 Å². The molecule has 4 nitrogen and oxygen atoms in total. The summed E-state index contributed by atoms with van der Waals surface area (Å²) in [4.78, 5) is 4.61. The van der Waals surface area contributed by atoms with Gasteiger partial charge in [0.15, 0.2) is 5.11 Å². The number of hydrogen-bond donors (Lipinski definition) is 1. The summed E-state index contributed by atoms with van der Waals surface area (Å²) in [5, 5.41) is 3.90. The zero-order valence-corrected chi connectivity index (χ0v) is 16.7. The predicted octanol–water partition coefficient (Wildman–Crippen LogP) is 3.91. The highest BCUT2D eigenvalue weighted by Gasteiger charge is 2.19. The second-order valence-corrected chi connectivity index (χ2v) is 7.45. The van der Waals surface area contributed by atoms with Crippen molar-refractivity contribution in [1.82, 2.24) is 14.4 Å². The molecule has 0 amide bonds. The Balaban J connectivity index is 1.47. The molecule has 0 unspecified atom stereocenters. The number of anilines is 1. The Hall–Kier alpha value is -1.63. The smallest absolute Gasteiger partial charge is 0.173 e. The summed E-state index contributed by atoms with van der Waals surface area (Å²) in [6, 6.07) is 8.88. The van der Waals surface area contributed by atoms with Crippen LogP contribution in [0.5, 0.6) is 0 Å². The first-order chi connectivity index (χ1) is 12.4.